The standard InChI is InChI=1S/C16H19FN4O3/c1-2-7-21-16(23)20-9-8-19(10-14(20)18-21)15(22)11-24-13-5-3-12(17)4-6-13/h3-6H,2,7-11H2,1H3. The first-order valence-corrected chi connectivity index (χ1v) is 7.91. The zero-order valence-electron chi connectivity index (χ0n) is 13.4. The number of aryl methyl sites for hydroxylation is 1. The van der Waals surface area contributed by atoms with Crippen LogP contribution in [0.4, 0.5) is 4.39 Å². The number of carbonyl (C=O) groups is 1. The van der Waals surface area contributed by atoms with Crippen molar-refractivity contribution in [2.75, 3.05) is 13.2 Å². The van der Waals surface area contributed by atoms with E-state index >= 15 is 0 Å². The molecule has 0 spiro atoms. The zero-order chi connectivity index (χ0) is 17.1. The average Bonchev–Trinajstić information content (AvgIpc) is 2.90. The Morgan fingerprint density at radius 3 is 2.75 bits per heavy atom. The minimum Gasteiger partial charge on any atom is -0.484 e. The number of hydrogen-bond acceptors (Lipinski definition) is 4. The van der Waals surface area contributed by atoms with Crippen LogP contribution in [0.3, 0.4) is 0 Å². The highest BCUT2D eigenvalue weighted by atomic mass is 19.1. The highest BCUT2D eigenvalue weighted by molar-refractivity contribution is 5.77. The predicted octanol–water partition coefficient (Wildman–Crippen LogP) is 1.02. The Hall–Kier alpha value is -2.64. The van der Waals surface area contributed by atoms with Crippen molar-refractivity contribution in [1.29, 1.82) is 0 Å². The van der Waals surface area contributed by atoms with Crippen molar-refractivity contribution in [3.63, 3.8) is 0 Å². The van der Waals surface area contributed by atoms with Crippen LogP contribution in [0.5, 0.6) is 5.75 Å². The van der Waals surface area contributed by atoms with Gasteiger partial charge in [-0.15, -0.1) is 0 Å². The fraction of sp³-hybridized carbons (Fsp3) is 0.438. The summed E-state index contributed by atoms with van der Waals surface area (Å²) in [6, 6.07) is 5.51. The van der Waals surface area contributed by atoms with E-state index in [2.05, 4.69) is 5.10 Å². The molecule has 2 aromatic rings. The maximum absolute atomic E-state index is 12.8. The number of hydrogen-bond donors (Lipinski definition) is 0. The number of fused-ring (bicyclic) bond motifs is 1. The number of nitrogens with zero attached hydrogens (tertiary/aromatic N) is 4. The number of halogens is 1. The van der Waals surface area contributed by atoms with Crippen LogP contribution < -0.4 is 10.4 Å². The molecule has 0 radical (unpaired) electrons. The van der Waals surface area contributed by atoms with Crippen LogP contribution in [0.2, 0.25) is 0 Å². The second kappa shape index (κ2) is 6.86. The van der Waals surface area contributed by atoms with Crippen LogP contribution in [0.1, 0.15) is 19.2 Å². The molecule has 1 aromatic heterocycles. The van der Waals surface area contributed by atoms with E-state index in [-0.39, 0.29) is 30.6 Å². The highest BCUT2D eigenvalue weighted by Crippen LogP contribution is 2.12. The van der Waals surface area contributed by atoms with Crippen molar-refractivity contribution in [3.8, 4) is 5.75 Å². The first kappa shape index (κ1) is 16.2. The molecule has 0 aliphatic carbocycles. The normalized spacial score (nSPS) is 13.7. The number of aromatic nitrogens is 3. The van der Waals surface area contributed by atoms with Crippen molar-refractivity contribution in [2.45, 2.75) is 33.0 Å². The Morgan fingerprint density at radius 1 is 1.29 bits per heavy atom. The summed E-state index contributed by atoms with van der Waals surface area (Å²) in [5.74, 6) is 0.481. The first-order valence-electron chi connectivity index (χ1n) is 7.91. The van der Waals surface area contributed by atoms with Gasteiger partial charge in [-0.05, 0) is 30.7 Å². The first-order chi connectivity index (χ1) is 11.6. The van der Waals surface area contributed by atoms with Crippen molar-refractivity contribution < 1.29 is 13.9 Å². The Kier molecular flexibility index (Phi) is 4.64. The molecule has 0 atom stereocenters. The van der Waals surface area contributed by atoms with Crippen LogP contribution in [0.25, 0.3) is 0 Å². The van der Waals surface area contributed by atoms with E-state index in [4.69, 9.17) is 4.74 Å². The molecule has 1 aliphatic heterocycles. The zero-order valence-corrected chi connectivity index (χ0v) is 13.4. The summed E-state index contributed by atoms with van der Waals surface area (Å²) in [5.41, 5.74) is -0.124. The van der Waals surface area contributed by atoms with E-state index in [1.54, 1.807) is 9.47 Å². The third kappa shape index (κ3) is 3.32. The van der Waals surface area contributed by atoms with Gasteiger partial charge in [-0.3, -0.25) is 9.36 Å². The minimum absolute atomic E-state index is 0.124. The smallest absolute Gasteiger partial charge is 0.346 e. The molecule has 8 heteroatoms. The molecule has 0 N–H and O–H groups in total. The van der Waals surface area contributed by atoms with Crippen LogP contribution in [0, 0.1) is 5.82 Å². The van der Waals surface area contributed by atoms with Gasteiger partial charge in [0, 0.05) is 19.6 Å². The summed E-state index contributed by atoms with van der Waals surface area (Å²) in [6.45, 7) is 3.58. The molecule has 2 heterocycles. The molecule has 128 valence electrons. The maximum atomic E-state index is 12.8. The van der Waals surface area contributed by atoms with Crippen molar-refractivity contribution in [3.05, 3.63) is 46.4 Å². The van der Waals surface area contributed by atoms with Gasteiger partial charge in [-0.1, -0.05) is 6.92 Å². The molecule has 0 fully saturated rings. The Morgan fingerprint density at radius 2 is 2.04 bits per heavy atom. The quantitative estimate of drug-likeness (QED) is 0.818. The van der Waals surface area contributed by atoms with Crippen molar-refractivity contribution >= 4 is 5.91 Å². The summed E-state index contributed by atoms with van der Waals surface area (Å²) >= 11 is 0. The average molecular weight is 334 g/mol. The monoisotopic (exact) mass is 334 g/mol. The Balaban J connectivity index is 1.62. The molecule has 0 bridgehead atoms. The summed E-state index contributed by atoms with van der Waals surface area (Å²) in [4.78, 5) is 26.0. The second-order valence-corrected chi connectivity index (χ2v) is 5.63. The van der Waals surface area contributed by atoms with Gasteiger partial charge >= 0.3 is 5.69 Å². The van der Waals surface area contributed by atoms with E-state index in [1.807, 2.05) is 6.92 Å². The molecule has 1 amide bonds. The fourth-order valence-electron chi connectivity index (χ4n) is 2.64. The topological polar surface area (TPSA) is 69.4 Å². The van der Waals surface area contributed by atoms with Gasteiger partial charge in [-0.25, -0.2) is 13.9 Å². The summed E-state index contributed by atoms with van der Waals surface area (Å²) < 4.78 is 21.3. The lowest BCUT2D eigenvalue weighted by Crippen LogP contribution is -2.42. The third-order valence-corrected chi connectivity index (χ3v) is 3.89. The van der Waals surface area contributed by atoms with Crippen LogP contribution in [-0.2, 0) is 24.4 Å². The minimum atomic E-state index is -0.356. The molecule has 0 saturated carbocycles. The molecule has 7 nitrogen and oxygen atoms in total. The van der Waals surface area contributed by atoms with Gasteiger partial charge in [0.2, 0.25) is 0 Å². The van der Waals surface area contributed by atoms with E-state index < -0.39 is 0 Å². The molecule has 1 aliphatic rings. The van der Waals surface area contributed by atoms with Gasteiger partial charge in [0.15, 0.2) is 12.4 Å². The van der Waals surface area contributed by atoms with Crippen LogP contribution >= 0.6 is 0 Å². The largest absolute Gasteiger partial charge is 0.484 e. The molecule has 0 saturated heterocycles. The number of carbonyl (C=O) groups excluding carboxylic acids is 1. The van der Waals surface area contributed by atoms with Gasteiger partial charge in [0.25, 0.3) is 5.91 Å². The van der Waals surface area contributed by atoms with Gasteiger partial charge in [0.05, 0.1) is 6.54 Å². The summed E-state index contributed by atoms with van der Waals surface area (Å²) in [7, 11) is 0. The molecule has 0 unspecified atom stereocenters. The lowest BCUT2D eigenvalue weighted by Gasteiger charge is -2.26. The highest BCUT2D eigenvalue weighted by Gasteiger charge is 2.25. The number of ether oxygens (including phenoxy) is 1. The lowest BCUT2D eigenvalue weighted by atomic mass is 10.3. The Bertz CT molecular complexity index is 782. The lowest BCUT2D eigenvalue weighted by molar-refractivity contribution is -0.134. The molecule has 3 rings (SSSR count). The summed E-state index contributed by atoms with van der Waals surface area (Å²) in [6.07, 6.45) is 0.824. The number of amides is 1. The maximum Gasteiger partial charge on any atom is 0.346 e. The molecular formula is C16H19FN4O3. The third-order valence-electron chi connectivity index (χ3n) is 3.89. The summed E-state index contributed by atoms with van der Waals surface area (Å²) in [5, 5.41) is 4.29. The Labute approximate surface area is 138 Å². The van der Waals surface area contributed by atoms with E-state index in [9.17, 15) is 14.0 Å². The molecule has 24 heavy (non-hydrogen) atoms. The van der Waals surface area contributed by atoms with E-state index in [0.717, 1.165) is 6.42 Å². The number of rotatable bonds is 5. The van der Waals surface area contributed by atoms with Crippen LogP contribution in [0.15, 0.2) is 29.1 Å². The second-order valence-electron chi connectivity index (χ2n) is 5.63. The number of benzene rings is 1. The predicted molar refractivity (Wildman–Crippen MR) is 84.1 cm³/mol. The van der Waals surface area contributed by atoms with Crippen LogP contribution in [-0.4, -0.2) is 38.3 Å². The molecular weight excluding hydrogens is 315 g/mol. The molecule has 1 aromatic carbocycles. The van der Waals surface area contributed by atoms with Gasteiger partial charge in [0.1, 0.15) is 11.6 Å². The van der Waals surface area contributed by atoms with Crippen molar-refractivity contribution in [1.82, 2.24) is 19.2 Å². The van der Waals surface area contributed by atoms with Gasteiger partial charge < -0.3 is 9.64 Å². The fourth-order valence-corrected chi connectivity index (χ4v) is 2.64. The van der Waals surface area contributed by atoms with Gasteiger partial charge in [-0.2, -0.15) is 5.10 Å². The van der Waals surface area contributed by atoms with Crippen molar-refractivity contribution in [2.24, 2.45) is 0 Å². The van der Waals surface area contributed by atoms with E-state index in [0.29, 0.717) is 31.2 Å². The SMILES string of the molecule is CCCn1nc2n(c1=O)CCN(C(=O)COc1ccc(F)cc1)C2. The van der Waals surface area contributed by atoms with E-state index in [1.165, 1.54) is 28.9 Å².